The van der Waals surface area contributed by atoms with E-state index in [4.69, 9.17) is 9.47 Å². The second kappa shape index (κ2) is 8.19. The van der Waals surface area contributed by atoms with E-state index in [0.717, 1.165) is 12.1 Å². The number of rotatable bonds is 7. The van der Waals surface area contributed by atoms with Crippen molar-refractivity contribution in [3.05, 3.63) is 35.0 Å². The van der Waals surface area contributed by atoms with Gasteiger partial charge in [-0.1, -0.05) is 0 Å². The van der Waals surface area contributed by atoms with E-state index in [1.807, 2.05) is 17.6 Å². The van der Waals surface area contributed by atoms with Gasteiger partial charge in [0.05, 0.1) is 30.5 Å². The van der Waals surface area contributed by atoms with Crippen LogP contribution >= 0.6 is 11.3 Å². The fraction of sp³-hybridized carbons (Fsp3) is 0.533. The minimum absolute atomic E-state index is 0.00894. The van der Waals surface area contributed by atoms with E-state index < -0.39 is 0 Å². The Bertz CT molecular complexity index is 588. The molecule has 23 heavy (non-hydrogen) atoms. The molecule has 0 radical (unpaired) electrons. The van der Waals surface area contributed by atoms with Crippen molar-refractivity contribution in [2.45, 2.75) is 38.1 Å². The number of hydrogen-bond acceptors (Lipinski definition) is 6. The molecule has 0 aliphatic carbocycles. The molecule has 1 N–H and O–H groups in total. The molecule has 0 spiro atoms. The third kappa shape index (κ3) is 4.85. The van der Waals surface area contributed by atoms with Crippen LogP contribution in [-0.4, -0.2) is 46.0 Å². The van der Waals surface area contributed by atoms with Crippen LogP contribution in [0, 0.1) is 0 Å². The molecule has 0 aromatic carbocycles. The number of hydrogen-bond donors (Lipinski definition) is 1. The summed E-state index contributed by atoms with van der Waals surface area (Å²) in [6.45, 7) is 2.15. The highest BCUT2D eigenvalue weighted by Crippen LogP contribution is 2.14. The summed E-state index contributed by atoms with van der Waals surface area (Å²) in [7, 11) is 0. The maximum atomic E-state index is 12.1. The van der Waals surface area contributed by atoms with Crippen LogP contribution in [0.1, 0.15) is 18.5 Å². The minimum Gasteiger partial charge on any atom is -0.379 e. The Balaban J connectivity index is 1.46. The van der Waals surface area contributed by atoms with Gasteiger partial charge in [0, 0.05) is 37.3 Å². The Morgan fingerprint density at radius 1 is 1.57 bits per heavy atom. The van der Waals surface area contributed by atoms with Crippen LogP contribution in [-0.2, 0) is 27.4 Å². The average Bonchev–Trinajstić information content (AvgIpc) is 3.26. The van der Waals surface area contributed by atoms with E-state index in [1.54, 1.807) is 27.7 Å². The van der Waals surface area contributed by atoms with Crippen LogP contribution in [0.15, 0.2) is 29.4 Å². The van der Waals surface area contributed by atoms with Gasteiger partial charge >= 0.3 is 0 Å². The second-order valence-electron chi connectivity index (χ2n) is 5.39. The first kappa shape index (κ1) is 16.1. The van der Waals surface area contributed by atoms with Crippen molar-refractivity contribution in [1.82, 2.24) is 20.1 Å². The number of nitrogens with zero attached hydrogens (tertiary/aromatic N) is 3. The number of thiazole rings is 1. The lowest BCUT2D eigenvalue weighted by atomic mass is 10.1. The van der Waals surface area contributed by atoms with E-state index >= 15 is 0 Å². The van der Waals surface area contributed by atoms with Gasteiger partial charge in [0.15, 0.2) is 0 Å². The number of aryl methyl sites for hydroxylation is 1. The number of amides is 1. The van der Waals surface area contributed by atoms with Crippen molar-refractivity contribution in [2.24, 2.45) is 0 Å². The highest BCUT2D eigenvalue weighted by molar-refractivity contribution is 7.07. The average molecular weight is 336 g/mol. The number of nitrogens with one attached hydrogen (secondary N) is 1. The van der Waals surface area contributed by atoms with Gasteiger partial charge in [-0.3, -0.25) is 9.48 Å². The van der Waals surface area contributed by atoms with E-state index in [0.29, 0.717) is 32.8 Å². The van der Waals surface area contributed by atoms with Gasteiger partial charge in [0.25, 0.3) is 0 Å². The first-order valence-corrected chi connectivity index (χ1v) is 8.59. The molecule has 1 saturated heterocycles. The fourth-order valence-corrected chi connectivity index (χ4v) is 3.01. The highest BCUT2D eigenvalue weighted by Gasteiger charge is 2.28. The second-order valence-corrected chi connectivity index (χ2v) is 6.10. The van der Waals surface area contributed by atoms with Gasteiger partial charge in [-0.25, -0.2) is 4.98 Å². The topological polar surface area (TPSA) is 78.3 Å². The SMILES string of the molecule is O=C(CCn1cccn1)N[C@@H]1CCOC[C@H]1OCc1cscn1. The number of aromatic nitrogens is 3. The van der Waals surface area contributed by atoms with Gasteiger partial charge in [0.1, 0.15) is 6.10 Å². The van der Waals surface area contributed by atoms with E-state index in [2.05, 4.69) is 15.4 Å². The summed E-state index contributed by atoms with van der Waals surface area (Å²) in [6.07, 6.45) is 4.58. The van der Waals surface area contributed by atoms with Crippen molar-refractivity contribution in [1.29, 1.82) is 0 Å². The van der Waals surface area contributed by atoms with Crippen molar-refractivity contribution in [3.63, 3.8) is 0 Å². The Morgan fingerprint density at radius 3 is 3.30 bits per heavy atom. The predicted molar refractivity (Wildman–Crippen MR) is 84.9 cm³/mol. The standard InChI is InChI=1S/C15H20N4O3S/c20-15(2-6-19-5-1-4-17-19)18-13-3-7-21-9-14(13)22-8-12-10-23-11-16-12/h1,4-5,10-11,13-14H,2-3,6-9H2,(H,18,20)/t13-,14-/m1/s1. The van der Waals surface area contributed by atoms with Gasteiger partial charge in [-0.05, 0) is 12.5 Å². The van der Waals surface area contributed by atoms with Crippen LogP contribution in [0.4, 0.5) is 0 Å². The Hall–Kier alpha value is -1.77. The van der Waals surface area contributed by atoms with Crippen molar-refractivity contribution in [3.8, 4) is 0 Å². The van der Waals surface area contributed by atoms with E-state index in [-0.39, 0.29) is 18.1 Å². The molecule has 0 bridgehead atoms. The highest BCUT2D eigenvalue weighted by atomic mass is 32.1. The van der Waals surface area contributed by atoms with Crippen LogP contribution in [0.25, 0.3) is 0 Å². The van der Waals surface area contributed by atoms with Crippen molar-refractivity contribution in [2.75, 3.05) is 13.2 Å². The third-order valence-corrected chi connectivity index (χ3v) is 4.34. The van der Waals surface area contributed by atoms with E-state index in [9.17, 15) is 4.79 Å². The fourth-order valence-electron chi connectivity index (χ4n) is 2.47. The van der Waals surface area contributed by atoms with Gasteiger partial charge < -0.3 is 14.8 Å². The van der Waals surface area contributed by atoms with Gasteiger partial charge in [0.2, 0.25) is 5.91 Å². The van der Waals surface area contributed by atoms with Crippen LogP contribution < -0.4 is 5.32 Å². The molecule has 0 unspecified atom stereocenters. The molecule has 2 aromatic heterocycles. The Labute approximate surface area is 138 Å². The normalized spacial score (nSPS) is 21.2. The molecule has 1 aliphatic heterocycles. The molecule has 3 heterocycles. The largest absolute Gasteiger partial charge is 0.379 e. The molecule has 2 aromatic rings. The lowest BCUT2D eigenvalue weighted by molar-refractivity contribution is -0.127. The maximum absolute atomic E-state index is 12.1. The third-order valence-electron chi connectivity index (χ3n) is 3.71. The smallest absolute Gasteiger partial charge is 0.222 e. The van der Waals surface area contributed by atoms with Crippen molar-refractivity contribution < 1.29 is 14.3 Å². The molecule has 124 valence electrons. The number of carbonyl (C=O) groups is 1. The molecule has 1 aliphatic rings. The Kier molecular flexibility index (Phi) is 5.73. The van der Waals surface area contributed by atoms with Crippen LogP contribution in [0.5, 0.6) is 0 Å². The molecule has 1 amide bonds. The molecule has 2 atom stereocenters. The molecule has 1 fully saturated rings. The predicted octanol–water partition coefficient (Wildman–Crippen LogP) is 1.22. The molecular formula is C15H20N4O3S. The van der Waals surface area contributed by atoms with Crippen LogP contribution in [0.2, 0.25) is 0 Å². The molecule has 3 rings (SSSR count). The number of ether oxygens (including phenoxy) is 2. The minimum atomic E-state index is -0.140. The first-order valence-electron chi connectivity index (χ1n) is 7.64. The van der Waals surface area contributed by atoms with Gasteiger partial charge in [-0.2, -0.15) is 5.10 Å². The molecule has 7 nitrogen and oxygen atoms in total. The summed E-state index contributed by atoms with van der Waals surface area (Å²) in [6, 6.07) is 1.83. The Morgan fingerprint density at radius 2 is 2.52 bits per heavy atom. The maximum Gasteiger partial charge on any atom is 0.222 e. The van der Waals surface area contributed by atoms with E-state index in [1.165, 1.54) is 0 Å². The van der Waals surface area contributed by atoms with Crippen molar-refractivity contribution >= 4 is 17.2 Å². The lowest BCUT2D eigenvalue weighted by Gasteiger charge is -2.32. The lowest BCUT2D eigenvalue weighted by Crippen LogP contribution is -2.50. The van der Waals surface area contributed by atoms with Gasteiger partial charge in [-0.15, -0.1) is 11.3 Å². The zero-order chi connectivity index (χ0) is 15.9. The quantitative estimate of drug-likeness (QED) is 0.822. The summed E-state index contributed by atoms with van der Waals surface area (Å²) in [5.41, 5.74) is 2.69. The molecular weight excluding hydrogens is 316 g/mol. The molecule has 8 heteroatoms. The number of carbonyl (C=O) groups excluding carboxylic acids is 1. The summed E-state index contributed by atoms with van der Waals surface area (Å²) in [5, 5.41) is 9.11. The summed E-state index contributed by atoms with van der Waals surface area (Å²) < 4.78 is 13.1. The summed E-state index contributed by atoms with van der Waals surface area (Å²) >= 11 is 1.54. The monoisotopic (exact) mass is 336 g/mol. The summed E-state index contributed by atoms with van der Waals surface area (Å²) in [5.74, 6) is 0.00894. The molecule has 0 saturated carbocycles. The first-order chi connectivity index (χ1) is 11.3. The zero-order valence-corrected chi connectivity index (χ0v) is 13.6. The summed E-state index contributed by atoms with van der Waals surface area (Å²) in [4.78, 5) is 16.3. The zero-order valence-electron chi connectivity index (χ0n) is 12.8. The van der Waals surface area contributed by atoms with Crippen LogP contribution in [0.3, 0.4) is 0 Å².